The third-order valence-electron chi connectivity index (χ3n) is 6.25. The average molecular weight is 363 g/mol. The Balaban J connectivity index is 1.43. The molecule has 2 aliphatic heterocycles. The maximum absolute atomic E-state index is 11.6. The van der Waals surface area contributed by atoms with Gasteiger partial charge in [-0.3, -0.25) is 4.79 Å². The van der Waals surface area contributed by atoms with E-state index in [0.717, 1.165) is 58.3 Å². The summed E-state index contributed by atoms with van der Waals surface area (Å²) in [6, 6.07) is 17.7. The molecule has 2 aliphatic rings. The molecule has 2 aromatic rings. The molecule has 0 spiro atoms. The molecule has 0 aliphatic carbocycles. The number of anilines is 2. The van der Waals surface area contributed by atoms with Gasteiger partial charge >= 0.3 is 0 Å². The summed E-state index contributed by atoms with van der Waals surface area (Å²) in [6.45, 7) is 6.04. The summed E-state index contributed by atoms with van der Waals surface area (Å²) in [5, 5.41) is 0. The third kappa shape index (κ3) is 4.08. The van der Waals surface area contributed by atoms with Crippen LogP contribution in [0.15, 0.2) is 48.5 Å². The van der Waals surface area contributed by atoms with E-state index in [1.165, 1.54) is 22.5 Å². The Labute approximate surface area is 163 Å². The normalized spacial score (nSPS) is 17.9. The van der Waals surface area contributed by atoms with Crippen LogP contribution < -0.4 is 4.90 Å². The molecule has 2 heterocycles. The van der Waals surface area contributed by atoms with Crippen molar-refractivity contribution in [1.29, 1.82) is 0 Å². The number of fused-ring (bicyclic) bond motifs is 2. The van der Waals surface area contributed by atoms with Crippen LogP contribution >= 0.6 is 0 Å². The van der Waals surface area contributed by atoms with Crippen LogP contribution in [-0.2, 0) is 17.6 Å². The van der Waals surface area contributed by atoms with E-state index in [1.807, 2.05) is 0 Å². The van der Waals surface area contributed by atoms with Crippen molar-refractivity contribution < 1.29 is 4.79 Å². The van der Waals surface area contributed by atoms with Crippen LogP contribution in [-0.4, -0.2) is 36.9 Å². The first-order chi connectivity index (χ1) is 13.2. The lowest BCUT2D eigenvalue weighted by molar-refractivity contribution is -0.122. The molecular formula is C24H30N2O. The molecule has 0 amide bonds. The summed E-state index contributed by atoms with van der Waals surface area (Å²) >= 11 is 0. The summed E-state index contributed by atoms with van der Waals surface area (Å²) < 4.78 is 0. The van der Waals surface area contributed by atoms with Crippen LogP contribution in [0, 0.1) is 5.92 Å². The molecular weight excluding hydrogens is 332 g/mol. The third-order valence-corrected chi connectivity index (χ3v) is 6.25. The number of aryl methyl sites for hydroxylation is 2. The highest BCUT2D eigenvalue weighted by Gasteiger charge is 2.23. The molecule has 0 unspecified atom stereocenters. The summed E-state index contributed by atoms with van der Waals surface area (Å²) in [4.78, 5) is 16.6. The van der Waals surface area contributed by atoms with Crippen LogP contribution in [0.3, 0.4) is 0 Å². The van der Waals surface area contributed by atoms with Gasteiger partial charge in [-0.05, 0) is 81.9 Å². The second-order valence-electron chi connectivity index (χ2n) is 7.99. The Kier molecular flexibility index (Phi) is 5.58. The van der Waals surface area contributed by atoms with E-state index in [-0.39, 0.29) is 0 Å². The van der Waals surface area contributed by atoms with Crippen molar-refractivity contribution in [2.45, 2.75) is 39.0 Å². The number of Topliss-reactive ketones (excluding diaryl/α,β-unsaturated/α-hetero) is 1. The van der Waals surface area contributed by atoms with Gasteiger partial charge in [0.05, 0.1) is 0 Å². The largest absolute Gasteiger partial charge is 0.341 e. The van der Waals surface area contributed by atoms with Crippen molar-refractivity contribution in [2.75, 3.05) is 31.1 Å². The van der Waals surface area contributed by atoms with Gasteiger partial charge in [-0.25, -0.2) is 0 Å². The lowest BCUT2D eigenvalue weighted by Crippen LogP contribution is -2.37. The molecule has 2 aromatic carbocycles. The maximum atomic E-state index is 11.6. The van der Waals surface area contributed by atoms with E-state index in [4.69, 9.17) is 0 Å². The number of likely N-dealkylation sites (tertiary alicyclic amines) is 1. The smallest absolute Gasteiger partial charge is 0.133 e. The Hall–Kier alpha value is -2.13. The van der Waals surface area contributed by atoms with Crippen molar-refractivity contribution >= 4 is 17.2 Å². The zero-order valence-electron chi connectivity index (χ0n) is 16.4. The Morgan fingerprint density at radius 1 is 0.889 bits per heavy atom. The van der Waals surface area contributed by atoms with E-state index in [1.54, 1.807) is 6.92 Å². The van der Waals surface area contributed by atoms with Gasteiger partial charge in [0.15, 0.2) is 0 Å². The summed E-state index contributed by atoms with van der Waals surface area (Å²) in [6.07, 6.45) is 5.44. The number of ketones is 1. The number of para-hydroxylation sites is 2. The number of benzene rings is 2. The zero-order valence-corrected chi connectivity index (χ0v) is 16.4. The first kappa shape index (κ1) is 18.2. The number of carbonyl (C=O) groups excluding carboxylic acids is 1. The molecule has 1 fully saturated rings. The molecule has 4 rings (SSSR count). The van der Waals surface area contributed by atoms with Gasteiger partial charge in [0.2, 0.25) is 0 Å². The van der Waals surface area contributed by atoms with Crippen LogP contribution in [0.25, 0.3) is 0 Å². The molecule has 0 N–H and O–H groups in total. The number of nitrogens with zero attached hydrogens (tertiary/aromatic N) is 2. The number of piperidine rings is 1. The fourth-order valence-corrected chi connectivity index (χ4v) is 4.63. The summed E-state index contributed by atoms with van der Waals surface area (Å²) in [5.74, 6) is 0.665. The van der Waals surface area contributed by atoms with E-state index in [2.05, 4.69) is 58.3 Å². The van der Waals surface area contributed by atoms with Gasteiger partial charge < -0.3 is 9.80 Å². The highest BCUT2D eigenvalue weighted by atomic mass is 16.1. The van der Waals surface area contributed by atoms with Gasteiger partial charge in [-0.1, -0.05) is 36.4 Å². The van der Waals surface area contributed by atoms with Crippen molar-refractivity contribution in [3.05, 3.63) is 59.7 Å². The molecule has 142 valence electrons. The molecule has 1 saturated heterocycles. The fraction of sp³-hybridized carbons (Fsp3) is 0.458. The zero-order chi connectivity index (χ0) is 18.6. The molecule has 0 bridgehead atoms. The van der Waals surface area contributed by atoms with Crippen molar-refractivity contribution in [1.82, 2.24) is 4.90 Å². The SMILES string of the molecule is CC(=O)C1CCN(CCCN2c3ccccc3CCc3ccccc32)CC1. The van der Waals surface area contributed by atoms with Crippen LogP contribution in [0.2, 0.25) is 0 Å². The maximum Gasteiger partial charge on any atom is 0.133 e. The lowest BCUT2D eigenvalue weighted by Gasteiger charge is -2.32. The van der Waals surface area contributed by atoms with Crippen molar-refractivity contribution in [2.24, 2.45) is 5.92 Å². The topological polar surface area (TPSA) is 23.6 Å². The van der Waals surface area contributed by atoms with E-state index in [9.17, 15) is 4.79 Å². The number of hydrogen-bond donors (Lipinski definition) is 0. The highest BCUT2D eigenvalue weighted by Crippen LogP contribution is 2.35. The summed E-state index contributed by atoms with van der Waals surface area (Å²) in [5.41, 5.74) is 5.66. The van der Waals surface area contributed by atoms with E-state index in [0.29, 0.717) is 11.7 Å². The second-order valence-corrected chi connectivity index (χ2v) is 7.99. The number of carbonyl (C=O) groups is 1. The number of rotatable bonds is 5. The minimum absolute atomic E-state index is 0.297. The monoisotopic (exact) mass is 362 g/mol. The van der Waals surface area contributed by atoms with Crippen LogP contribution in [0.4, 0.5) is 11.4 Å². The summed E-state index contributed by atoms with van der Waals surface area (Å²) in [7, 11) is 0. The molecule has 0 radical (unpaired) electrons. The van der Waals surface area contributed by atoms with E-state index < -0.39 is 0 Å². The van der Waals surface area contributed by atoms with Crippen LogP contribution in [0.5, 0.6) is 0 Å². The highest BCUT2D eigenvalue weighted by molar-refractivity contribution is 5.78. The Bertz CT molecular complexity index is 745. The van der Waals surface area contributed by atoms with Gasteiger partial charge in [-0.2, -0.15) is 0 Å². The fourth-order valence-electron chi connectivity index (χ4n) is 4.63. The minimum atomic E-state index is 0.297. The van der Waals surface area contributed by atoms with Gasteiger partial charge in [0, 0.05) is 23.8 Å². The molecule has 27 heavy (non-hydrogen) atoms. The van der Waals surface area contributed by atoms with Crippen LogP contribution in [0.1, 0.15) is 37.3 Å². The minimum Gasteiger partial charge on any atom is -0.341 e. The first-order valence-corrected chi connectivity index (χ1v) is 10.4. The Morgan fingerprint density at radius 3 is 2.00 bits per heavy atom. The van der Waals surface area contributed by atoms with Gasteiger partial charge in [0.25, 0.3) is 0 Å². The predicted octanol–water partition coefficient (Wildman–Crippen LogP) is 4.61. The number of hydrogen-bond acceptors (Lipinski definition) is 3. The van der Waals surface area contributed by atoms with Gasteiger partial charge in [-0.15, -0.1) is 0 Å². The Morgan fingerprint density at radius 2 is 1.44 bits per heavy atom. The molecule has 0 atom stereocenters. The second kappa shape index (κ2) is 8.26. The first-order valence-electron chi connectivity index (χ1n) is 10.4. The molecule has 3 nitrogen and oxygen atoms in total. The standard InChI is InChI=1S/C24H30N2O/c1-19(27)20-13-17-25(18-14-20)15-6-16-26-23-9-4-2-7-21(23)11-12-22-8-3-5-10-24(22)26/h2-5,7-10,20H,6,11-18H2,1H3. The molecule has 0 saturated carbocycles. The predicted molar refractivity (Wildman–Crippen MR) is 112 cm³/mol. The lowest BCUT2D eigenvalue weighted by atomic mass is 9.93. The molecule has 3 heteroatoms. The van der Waals surface area contributed by atoms with Crippen molar-refractivity contribution in [3.63, 3.8) is 0 Å². The average Bonchev–Trinajstić information content (AvgIpc) is 2.86. The van der Waals surface area contributed by atoms with Crippen molar-refractivity contribution in [3.8, 4) is 0 Å². The van der Waals surface area contributed by atoms with Gasteiger partial charge in [0.1, 0.15) is 5.78 Å². The van der Waals surface area contributed by atoms with E-state index >= 15 is 0 Å². The quantitative estimate of drug-likeness (QED) is 0.776. The molecule has 0 aromatic heterocycles.